The number of carboxylic acid groups (broad SMARTS) is 1. The van der Waals surface area contributed by atoms with Crippen LogP contribution >= 0.6 is 0 Å². The first kappa shape index (κ1) is 14.6. The van der Waals surface area contributed by atoms with Gasteiger partial charge < -0.3 is 15.3 Å². The van der Waals surface area contributed by atoms with Gasteiger partial charge in [-0.25, -0.2) is 4.79 Å². The van der Waals surface area contributed by atoms with Crippen LogP contribution in [0.2, 0.25) is 0 Å². The number of benzene rings is 2. The van der Waals surface area contributed by atoms with Gasteiger partial charge in [-0.3, -0.25) is 4.79 Å². The van der Waals surface area contributed by atoms with E-state index in [4.69, 9.17) is 5.11 Å². The maximum Gasteiger partial charge on any atom is 0.337 e. The maximum atomic E-state index is 12.4. The predicted molar refractivity (Wildman–Crippen MR) is 82.1 cm³/mol. The molecule has 0 saturated carbocycles. The zero-order valence-corrected chi connectivity index (χ0v) is 11.8. The SMILES string of the molecule is CN(C)c1ccccc1C(=O)Nc1ccccc1C(=O)O. The van der Waals surface area contributed by atoms with Crippen molar-refractivity contribution in [3.05, 3.63) is 59.7 Å². The molecule has 5 nitrogen and oxygen atoms in total. The van der Waals surface area contributed by atoms with Gasteiger partial charge in [-0.2, -0.15) is 0 Å². The molecule has 1 amide bonds. The molecule has 0 heterocycles. The number of rotatable bonds is 4. The average Bonchev–Trinajstić information content (AvgIpc) is 2.47. The van der Waals surface area contributed by atoms with Crippen molar-refractivity contribution >= 4 is 23.3 Å². The lowest BCUT2D eigenvalue weighted by Crippen LogP contribution is -2.19. The molecule has 0 saturated heterocycles. The molecular formula is C16H16N2O3. The summed E-state index contributed by atoms with van der Waals surface area (Å²) in [6.07, 6.45) is 0. The largest absolute Gasteiger partial charge is 0.478 e. The summed E-state index contributed by atoms with van der Waals surface area (Å²) >= 11 is 0. The Morgan fingerprint density at radius 2 is 1.52 bits per heavy atom. The van der Waals surface area contributed by atoms with Gasteiger partial charge in [0, 0.05) is 19.8 Å². The van der Waals surface area contributed by atoms with E-state index in [1.165, 1.54) is 6.07 Å². The van der Waals surface area contributed by atoms with Crippen molar-refractivity contribution in [2.24, 2.45) is 0 Å². The Morgan fingerprint density at radius 1 is 0.952 bits per heavy atom. The van der Waals surface area contributed by atoms with E-state index in [-0.39, 0.29) is 17.2 Å². The molecule has 0 fully saturated rings. The number of carbonyl (C=O) groups is 2. The summed E-state index contributed by atoms with van der Waals surface area (Å²) in [5.41, 5.74) is 1.60. The molecule has 2 N–H and O–H groups in total. The smallest absolute Gasteiger partial charge is 0.337 e. The van der Waals surface area contributed by atoms with Gasteiger partial charge in [0.1, 0.15) is 0 Å². The molecule has 0 unspecified atom stereocenters. The molecule has 0 aliphatic heterocycles. The van der Waals surface area contributed by atoms with Crippen molar-refractivity contribution in [1.82, 2.24) is 0 Å². The number of nitrogens with one attached hydrogen (secondary N) is 1. The molecule has 108 valence electrons. The minimum absolute atomic E-state index is 0.0631. The Hall–Kier alpha value is -2.82. The van der Waals surface area contributed by atoms with Gasteiger partial charge in [-0.05, 0) is 24.3 Å². The highest BCUT2D eigenvalue weighted by Crippen LogP contribution is 2.21. The molecule has 5 heteroatoms. The van der Waals surface area contributed by atoms with Crippen LogP contribution < -0.4 is 10.2 Å². The fraction of sp³-hybridized carbons (Fsp3) is 0.125. The lowest BCUT2D eigenvalue weighted by atomic mass is 10.1. The van der Waals surface area contributed by atoms with E-state index in [1.54, 1.807) is 30.3 Å². The molecule has 0 spiro atoms. The molecular weight excluding hydrogens is 268 g/mol. The van der Waals surface area contributed by atoms with Crippen LogP contribution in [0.1, 0.15) is 20.7 Å². The third kappa shape index (κ3) is 3.20. The summed E-state index contributed by atoms with van der Waals surface area (Å²) in [5, 5.41) is 11.8. The lowest BCUT2D eigenvalue weighted by molar-refractivity contribution is 0.0698. The monoisotopic (exact) mass is 284 g/mol. The third-order valence-corrected chi connectivity index (χ3v) is 3.04. The second kappa shape index (κ2) is 6.09. The van der Waals surface area contributed by atoms with E-state index in [9.17, 15) is 9.59 Å². The first-order chi connectivity index (χ1) is 10.0. The van der Waals surface area contributed by atoms with Crippen molar-refractivity contribution in [2.75, 3.05) is 24.3 Å². The van der Waals surface area contributed by atoms with Crippen molar-refractivity contribution in [3.8, 4) is 0 Å². The standard InChI is InChI=1S/C16H16N2O3/c1-18(2)14-10-6-4-8-12(14)15(19)17-13-9-5-3-7-11(13)16(20)21/h3-10H,1-2H3,(H,17,19)(H,20,21). The highest BCUT2D eigenvalue weighted by Gasteiger charge is 2.15. The molecule has 0 aromatic heterocycles. The van der Waals surface area contributed by atoms with Crippen molar-refractivity contribution < 1.29 is 14.7 Å². The first-order valence-electron chi connectivity index (χ1n) is 6.40. The number of carboxylic acids is 1. The van der Waals surface area contributed by atoms with E-state index in [0.717, 1.165) is 5.69 Å². The molecule has 0 aliphatic rings. The van der Waals surface area contributed by atoms with Crippen LogP contribution in [-0.4, -0.2) is 31.1 Å². The second-order valence-corrected chi connectivity index (χ2v) is 4.72. The zero-order valence-electron chi connectivity index (χ0n) is 11.8. The molecule has 2 aromatic rings. The Labute approximate surface area is 122 Å². The quantitative estimate of drug-likeness (QED) is 0.905. The Bertz CT molecular complexity index is 681. The number of hydrogen-bond acceptors (Lipinski definition) is 3. The van der Waals surface area contributed by atoms with Gasteiger partial charge in [-0.1, -0.05) is 24.3 Å². The van der Waals surface area contributed by atoms with Crippen LogP contribution in [-0.2, 0) is 0 Å². The topological polar surface area (TPSA) is 69.6 Å². The first-order valence-corrected chi connectivity index (χ1v) is 6.40. The van der Waals surface area contributed by atoms with Gasteiger partial charge in [-0.15, -0.1) is 0 Å². The van der Waals surface area contributed by atoms with Gasteiger partial charge in [0.25, 0.3) is 5.91 Å². The van der Waals surface area contributed by atoms with Crippen LogP contribution in [0.4, 0.5) is 11.4 Å². The number of para-hydroxylation sites is 2. The number of hydrogen-bond donors (Lipinski definition) is 2. The summed E-state index contributed by atoms with van der Waals surface area (Å²) in [7, 11) is 3.69. The molecule has 0 atom stereocenters. The number of carbonyl (C=O) groups excluding carboxylic acids is 1. The summed E-state index contributed by atoms with van der Waals surface area (Å²) in [6, 6.07) is 13.5. The van der Waals surface area contributed by atoms with Crippen LogP contribution in [0, 0.1) is 0 Å². The van der Waals surface area contributed by atoms with E-state index >= 15 is 0 Å². The van der Waals surface area contributed by atoms with Crippen LogP contribution in [0.5, 0.6) is 0 Å². The average molecular weight is 284 g/mol. The van der Waals surface area contributed by atoms with Crippen LogP contribution in [0.25, 0.3) is 0 Å². The normalized spacial score (nSPS) is 10.0. The molecule has 0 bridgehead atoms. The summed E-state index contributed by atoms with van der Waals surface area (Å²) < 4.78 is 0. The molecule has 2 aromatic carbocycles. The van der Waals surface area contributed by atoms with E-state index in [0.29, 0.717) is 5.56 Å². The van der Waals surface area contributed by atoms with Gasteiger partial charge >= 0.3 is 5.97 Å². The molecule has 0 radical (unpaired) electrons. The van der Waals surface area contributed by atoms with Crippen LogP contribution in [0.15, 0.2) is 48.5 Å². The Balaban J connectivity index is 2.33. The number of nitrogens with zero attached hydrogens (tertiary/aromatic N) is 1. The molecule has 0 aliphatic carbocycles. The van der Waals surface area contributed by atoms with E-state index < -0.39 is 5.97 Å². The van der Waals surface area contributed by atoms with Crippen molar-refractivity contribution in [3.63, 3.8) is 0 Å². The zero-order chi connectivity index (χ0) is 15.4. The number of aromatic carboxylic acids is 1. The highest BCUT2D eigenvalue weighted by atomic mass is 16.4. The fourth-order valence-corrected chi connectivity index (χ4v) is 2.02. The van der Waals surface area contributed by atoms with E-state index in [1.807, 2.05) is 31.1 Å². The van der Waals surface area contributed by atoms with Crippen molar-refractivity contribution in [2.45, 2.75) is 0 Å². The Kier molecular flexibility index (Phi) is 4.23. The minimum Gasteiger partial charge on any atom is -0.478 e. The van der Waals surface area contributed by atoms with E-state index in [2.05, 4.69) is 5.32 Å². The minimum atomic E-state index is -1.08. The van der Waals surface area contributed by atoms with Gasteiger partial charge in [0.15, 0.2) is 0 Å². The highest BCUT2D eigenvalue weighted by molar-refractivity contribution is 6.10. The van der Waals surface area contributed by atoms with Gasteiger partial charge in [0.2, 0.25) is 0 Å². The van der Waals surface area contributed by atoms with Crippen molar-refractivity contribution in [1.29, 1.82) is 0 Å². The number of anilines is 2. The third-order valence-electron chi connectivity index (χ3n) is 3.04. The lowest BCUT2D eigenvalue weighted by Gasteiger charge is -2.17. The molecule has 2 rings (SSSR count). The summed E-state index contributed by atoms with van der Waals surface area (Å²) in [6.45, 7) is 0. The van der Waals surface area contributed by atoms with Gasteiger partial charge in [0.05, 0.1) is 16.8 Å². The molecule has 21 heavy (non-hydrogen) atoms. The summed E-state index contributed by atoms with van der Waals surface area (Å²) in [4.78, 5) is 25.4. The fourth-order valence-electron chi connectivity index (χ4n) is 2.02. The summed E-state index contributed by atoms with van der Waals surface area (Å²) in [5.74, 6) is -1.42. The van der Waals surface area contributed by atoms with Crippen LogP contribution in [0.3, 0.4) is 0 Å². The Morgan fingerprint density at radius 3 is 2.14 bits per heavy atom. The second-order valence-electron chi connectivity index (χ2n) is 4.72. The predicted octanol–water partition coefficient (Wildman–Crippen LogP) is 2.70. The maximum absolute atomic E-state index is 12.4. The number of amides is 1.